The molecule has 1 aromatic rings. The van der Waals surface area contributed by atoms with Gasteiger partial charge >= 0.3 is 18.2 Å². The fourth-order valence-corrected chi connectivity index (χ4v) is 2.13. The first-order valence-corrected chi connectivity index (χ1v) is 8.72. The van der Waals surface area contributed by atoms with E-state index in [1.165, 1.54) is 7.05 Å². The molecule has 1 amide bonds. The number of hydrogen-bond acceptors (Lipinski definition) is 7. The van der Waals surface area contributed by atoms with Crippen molar-refractivity contribution < 1.29 is 28.6 Å². The second-order valence-corrected chi connectivity index (χ2v) is 7.55. The first kappa shape index (κ1) is 22.4. The molecule has 150 valence electrons. The lowest BCUT2D eigenvalue weighted by Gasteiger charge is -2.27. The minimum atomic E-state index is -1.10. The molecule has 0 aliphatic heterocycles. The highest BCUT2D eigenvalue weighted by atomic mass is 16.7. The van der Waals surface area contributed by atoms with Crippen LogP contribution in [0.25, 0.3) is 0 Å². The quantitative estimate of drug-likeness (QED) is 0.550. The molecule has 0 spiro atoms. The Morgan fingerprint density at radius 1 is 1.15 bits per heavy atom. The third kappa shape index (κ3) is 8.52. The van der Waals surface area contributed by atoms with E-state index in [1.54, 1.807) is 45.3 Å². The van der Waals surface area contributed by atoms with Crippen LogP contribution in [-0.4, -0.2) is 46.8 Å². The number of hydrogen-bond donors (Lipinski definition) is 0. The summed E-state index contributed by atoms with van der Waals surface area (Å²) in [5, 5.41) is 0. The molecule has 0 aliphatic rings. The molecule has 0 unspecified atom stereocenters. The summed E-state index contributed by atoms with van der Waals surface area (Å²) in [5.41, 5.74) is -0.0243. The zero-order chi connectivity index (χ0) is 20.6. The van der Waals surface area contributed by atoms with Crippen LogP contribution in [0.15, 0.2) is 24.5 Å². The second-order valence-electron chi connectivity index (χ2n) is 7.55. The smallest absolute Gasteiger partial charge is 0.445 e. The molecule has 0 N–H and O–H groups in total. The number of amides is 1. The van der Waals surface area contributed by atoms with Gasteiger partial charge in [0, 0.05) is 19.4 Å². The van der Waals surface area contributed by atoms with Crippen molar-refractivity contribution in [3.05, 3.63) is 30.1 Å². The molecular formula is C19H28N2O6. The number of rotatable bonds is 6. The molecule has 0 aromatic carbocycles. The Hall–Kier alpha value is -2.64. The van der Waals surface area contributed by atoms with Gasteiger partial charge in [0.2, 0.25) is 0 Å². The topological polar surface area (TPSA) is 95.0 Å². The van der Waals surface area contributed by atoms with Crippen molar-refractivity contribution in [3.63, 3.8) is 0 Å². The van der Waals surface area contributed by atoms with Crippen LogP contribution in [0.5, 0.6) is 0 Å². The lowest BCUT2D eigenvalue weighted by molar-refractivity contribution is -0.147. The van der Waals surface area contributed by atoms with Gasteiger partial charge in [-0.25, -0.2) is 14.4 Å². The van der Waals surface area contributed by atoms with E-state index in [-0.39, 0.29) is 12.5 Å². The van der Waals surface area contributed by atoms with Crippen LogP contribution in [0.1, 0.15) is 46.6 Å². The zero-order valence-electron chi connectivity index (χ0n) is 16.7. The third-order valence-electron chi connectivity index (χ3n) is 3.41. The Morgan fingerprint density at radius 2 is 1.74 bits per heavy atom. The van der Waals surface area contributed by atoms with Crippen LogP contribution in [-0.2, 0) is 25.6 Å². The number of esters is 1. The summed E-state index contributed by atoms with van der Waals surface area (Å²) in [4.78, 5) is 41.5. The van der Waals surface area contributed by atoms with Crippen molar-refractivity contribution in [2.75, 3.05) is 7.05 Å². The molecule has 1 heterocycles. The predicted octanol–water partition coefficient (Wildman–Crippen LogP) is 3.54. The van der Waals surface area contributed by atoms with Crippen molar-refractivity contribution in [1.29, 1.82) is 0 Å². The zero-order valence-corrected chi connectivity index (χ0v) is 16.7. The number of aromatic nitrogens is 1. The molecule has 0 saturated carbocycles. The van der Waals surface area contributed by atoms with E-state index >= 15 is 0 Å². The molecule has 1 atom stereocenters. The van der Waals surface area contributed by atoms with Gasteiger partial charge in [0.1, 0.15) is 18.2 Å². The SMILES string of the molecule is CC(C)C[C@@H](C(=O)OC(=O)OC(C)(C)C)N(C)C(=O)OCc1ccncc1. The molecule has 8 heteroatoms. The van der Waals surface area contributed by atoms with Gasteiger partial charge in [-0.1, -0.05) is 13.8 Å². The van der Waals surface area contributed by atoms with Gasteiger partial charge < -0.3 is 14.2 Å². The Balaban J connectivity index is 2.74. The molecule has 0 aliphatic carbocycles. The lowest BCUT2D eigenvalue weighted by Crippen LogP contribution is -2.45. The van der Waals surface area contributed by atoms with E-state index in [0.717, 1.165) is 10.5 Å². The number of pyridine rings is 1. The number of carbonyl (C=O) groups is 3. The molecule has 0 bridgehead atoms. The fraction of sp³-hybridized carbons (Fsp3) is 0.579. The summed E-state index contributed by atoms with van der Waals surface area (Å²) < 4.78 is 15.0. The van der Waals surface area contributed by atoms with Crippen molar-refractivity contribution >= 4 is 18.2 Å². The maximum absolute atomic E-state index is 12.4. The van der Waals surface area contributed by atoms with E-state index in [0.29, 0.717) is 6.42 Å². The molecule has 1 rings (SSSR count). The Kier molecular flexibility index (Phi) is 8.21. The minimum absolute atomic E-state index is 0.0429. The first-order chi connectivity index (χ1) is 12.5. The standard InChI is InChI=1S/C19H28N2O6/c1-13(2)11-15(16(22)26-18(24)27-19(3,4)5)21(6)17(23)25-12-14-7-9-20-10-8-14/h7-10,13,15H,11-12H2,1-6H3/t15-/m0/s1. The molecule has 1 aromatic heterocycles. The maximum Gasteiger partial charge on any atom is 0.516 e. The number of ether oxygens (including phenoxy) is 3. The first-order valence-electron chi connectivity index (χ1n) is 8.72. The predicted molar refractivity (Wildman–Crippen MR) is 97.8 cm³/mol. The molecule has 27 heavy (non-hydrogen) atoms. The summed E-state index contributed by atoms with van der Waals surface area (Å²) in [5.74, 6) is -0.780. The highest BCUT2D eigenvalue weighted by Gasteiger charge is 2.33. The van der Waals surface area contributed by atoms with Gasteiger partial charge in [0.25, 0.3) is 0 Å². The van der Waals surface area contributed by atoms with Crippen LogP contribution in [0, 0.1) is 5.92 Å². The minimum Gasteiger partial charge on any atom is -0.445 e. The lowest BCUT2D eigenvalue weighted by atomic mass is 10.0. The summed E-state index contributed by atoms with van der Waals surface area (Å²) in [6.07, 6.45) is 1.69. The summed E-state index contributed by atoms with van der Waals surface area (Å²) in [6.45, 7) is 8.81. The van der Waals surface area contributed by atoms with Gasteiger partial charge in [-0.15, -0.1) is 0 Å². The number of nitrogens with zero attached hydrogens (tertiary/aromatic N) is 2. The van der Waals surface area contributed by atoms with Crippen LogP contribution in [0.2, 0.25) is 0 Å². The van der Waals surface area contributed by atoms with Crippen molar-refractivity contribution in [3.8, 4) is 0 Å². The van der Waals surface area contributed by atoms with Crippen molar-refractivity contribution in [2.24, 2.45) is 5.92 Å². The van der Waals surface area contributed by atoms with E-state index in [9.17, 15) is 14.4 Å². The monoisotopic (exact) mass is 380 g/mol. The van der Waals surface area contributed by atoms with Crippen LogP contribution < -0.4 is 0 Å². The molecule has 0 saturated heterocycles. The molecule has 0 fully saturated rings. The summed E-state index contributed by atoms with van der Waals surface area (Å²) in [6, 6.07) is 2.47. The van der Waals surface area contributed by atoms with Crippen molar-refractivity contribution in [1.82, 2.24) is 9.88 Å². The number of likely N-dealkylation sites (N-methyl/N-ethyl adjacent to an activating group) is 1. The van der Waals surface area contributed by atoms with Crippen LogP contribution in [0.4, 0.5) is 9.59 Å². The van der Waals surface area contributed by atoms with E-state index in [1.807, 2.05) is 13.8 Å². The summed E-state index contributed by atoms with van der Waals surface area (Å²) in [7, 11) is 1.43. The Morgan fingerprint density at radius 3 is 2.26 bits per heavy atom. The second kappa shape index (κ2) is 9.89. The van der Waals surface area contributed by atoms with Gasteiger partial charge in [-0.3, -0.25) is 9.88 Å². The Labute approximate surface area is 159 Å². The third-order valence-corrected chi connectivity index (χ3v) is 3.41. The van der Waals surface area contributed by atoms with Gasteiger partial charge in [0.15, 0.2) is 0 Å². The molecular weight excluding hydrogens is 352 g/mol. The number of carbonyl (C=O) groups excluding carboxylic acids is 3. The van der Waals surface area contributed by atoms with Crippen LogP contribution in [0.3, 0.4) is 0 Å². The highest BCUT2D eigenvalue weighted by Crippen LogP contribution is 2.16. The van der Waals surface area contributed by atoms with E-state index < -0.39 is 29.9 Å². The van der Waals surface area contributed by atoms with Gasteiger partial charge in [-0.2, -0.15) is 0 Å². The van der Waals surface area contributed by atoms with Crippen molar-refractivity contribution in [2.45, 2.75) is 59.3 Å². The highest BCUT2D eigenvalue weighted by molar-refractivity contribution is 5.88. The van der Waals surface area contributed by atoms with E-state index in [4.69, 9.17) is 14.2 Å². The van der Waals surface area contributed by atoms with E-state index in [2.05, 4.69) is 4.98 Å². The fourth-order valence-electron chi connectivity index (χ4n) is 2.13. The summed E-state index contributed by atoms with van der Waals surface area (Å²) >= 11 is 0. The average molecular weight is 380 g/mol. The maximum atomic E-state index is 12.4. The largest absolute Gasteiger partial charge is 0.516 e. The Bertz CT molecular complexity index is 639. The van der Waals surface area contributed by atoms with Gasteiger partial charge in [-0.05, 0) is 50.8 Å². The normalized spacial score (nSPS) is 12.3. The van der Waals surface area contributed by atoms with Crippen LogP contribution >= 0.6 is 0 Å². The van der Waals surface area contributed by atoms with Gasteiger partial charge in [0.05, 0.1) is 0 Å². The molecule has 8 nitrogen and oxygen atoms in total. The average Bonchev–Trinajstić information content (AvgIpc) is 2.55. The molecule has 0 radical (unpaired) electrons.